The molecule has 3 saturated heterocycles. The van der Waals surface area contributed by atoms with Crippen LogP contribution in [0.2, 0.25) is 0 Å². The van der Waals surface area contributed by atoms with Crippen molar-refractivity contribution in [1.82, 2.24) is 5.32 Å². The van der Waals surface area contributed by atoms with Gasteiger partial charge in [0.15, 0.2) is 18.9 Å². The number of rotatable bonds is 57. The Hall–Kier alpha value is -3.29. The lowest BCUT2D eigenvalue weighted by atomic mass is 9.96. The van der Waals surface area contributed by atoms with E-state index in [-0.39, 0.29) is 18.9 Å². The van der Waals surface area contributed by atoms with Gasteiger partial charge in [-0.05, 0) is 77.0 Å². The molecule has 12 N–H and O–H groups in total. The molecule has 0 aliphatic carbocycles. The van der Waals surface area contributed by atoms with Gasteiger partial charge in [-0.3, -0.25) is 4.79 Å². The molecule has 554 valence electrons. The number of aliphatic hydroxyl groups is 11. The molecule has 3 rings (SSSR count). The molecule has 17 atom stereocenters. The van der Waals surface area contributed by atoms with Crippen molar-refractivity contribution in [3.8, 4) is 0 Å². The molecule has 3 aliphatic heterocycles. The number of ether oxygens (including phenoxy) is 6. The summed E-state index contributed by atoms with van der Waals surface area (Å²) in [6.07, 6.45) is 49.1. The minimum atomic E-state index is -1.98. The van der Waals surface area contributed by atoms with Crippen molar-refractivity contribution < 1.29 is 89.4 Å². The molecule has 0 radical (unpaired) electrons. The molecule has 1 amide bonds. The normalized spacial score (nSPS) is 27.6. The second kappa shape index (κ2) is 57.3. The Bertz CT molecular complexity index is 2110. The highest BCUT2D eigenvalue weighted by molar-refractivity contribution is 5.76. The summed E-state index contributed by atoms with van der Waals surface area (Å²) < 4.78 is 34.4. The topological polar surface area (TPSA) is 307 Å². The van der Waals surface area contributed by atoms with Crippen LogP contribution in [0.4, 0.5) is 0 Å². The van der Waals surface area contributed by atoms with Crippen molar-refractivity contribution in [2.75, 3.05) is 26.4 Å². The maximum atomic E-state index is 13.4. The molecular weight excluding hydrogens is 1230 g/mol. The summed E-state index contributed by atoms with van der Waals surface area (Å²) in [5, 5.41) is 121. The third-order valence-corrected chi connectivity index (χ3v) is 18.2. The molecule has 0 bridgehead atoms. The summed E-state index contributed by atoms with van der Waals surface area (Å²) in [7, 11) is 0. The second-order valence-corrected chi connectivity index (χ2v) is 26.4. The highest BCUT2D eigenvalue weighted by Gasteiger charge is 2.53. The fourth-order valence-corrected chi connectivity index (χ4v) is 12.2. The van der Waals surface area contributed by atoms with Crippen LogP contribution in [0, 0.1) is 0 Å². The van der Waals surface area contributed by atoms with Crippen LogP contribution in [0.3, 0.4) is 0 Å². The van der Waals surface area contributed by atoms with E-state index in [0.29, 0.717) is 19.3 Å². The van der Waals surface area contributed by atoms with Gasteiger partial charge in [-0.2, -0.15) is 0 Å². The van der Waals surface area contributed by atoms with Gasteiger partial charge in [-0.15, -0.1) is 0 Å². The predicted molar refractivity (Wildman–Crippen MR) is 378 cm³/mol. The quantitative estimate of drug-likeness (QED) is 0.0199. The van der Waals surface area contributed by atoms with Gasteiger partial charge in [0.2, 0.25) is 5.91 Å². The monoisotopic (exact) mass is 1360 g/mol. The Balaban J connectivity index is 1.43. The molecule has 19 nitrogen and oxygen atoms in total. The summed E-state index contributed by atoms with van der Waals surface area (Å²) in [6, 6.07) is -0.919. The van der Waals surface area contributed by atoms with Gasteiger partial charge in [0, 0.05) is 6.42 Å². The zero-order chi connectivity index (χ0) is 69.6. The van der Waals surface area contributed by atoms with Gasteiger partial charge in [0.25, 0.3) is 0 Å². The maximum absolute atomic E-state index is 13.4. The van der Waals surface area contributed by atoms with Gasteiger partial charge in [0.05, 0.1) is 38.6 Å². The lowest BCUT2D eigenvalue weighted by Gasteiger charge is -2.48. The molecular formula is C77H133NO18. The predicted octanol–water partition coefficient (Wildman–Crippen LogP) is 11.2. The molecule has 3 heterocycles. The number of allylic oxidation sites excluding steroid dienone is 16. The summed E-state index contributed by atoms with van der Waals surface area (Å²) >= 11 is 0. The lowest BCUT2D eigenvalue weighted by Crippen LogP contribution is -2.66. The Morgan fingerprint density at radius 2 is 0.719 bits per heavy atom. The van der Waals surface area contributed by atoms with E-state index < -0.39 is 124 Å². The fourth-order valence-electron chi connectivity index (χ4n) is 12.2. The standard InChI is InChI=1S/C77H133NO18/c1-3-5-7-9-11-13-15-17-19-21-23-25-27-29-30-31-33-35-37-39-41-43-45-47-49-51-53-55-65(83)78-60(61(82)54-52-50-48-46-44-42-40-38-36-34-32-28-26-24-22-20-18-16-14-12-10-8-6-4-2)59-91-75-71(89)68(86)73(63(57-80)93-75)96-77-72(90)69(87)74(64(58-81)94-77)95-76-70(88)67(85)66(84)62(56-79)92-76/h5,7,11,13,17,19,23,25,29-30,33,35,39,41,45,47,60-64,66-77,79-82,84-90H,3-4,6,8-10,12,14-16,18,20-22,24,26-28,31-32,34,36-38,40,42-44,46,48-59H2,1-2H3,(H,78,83)/b7-5-,13-11-,19-17-,25-23-,30-29-,35-33-,41-39-,47-45-. The third kappa shape index (κ3) is 37.9. The smallest absolute Gasteiger partial charge is 0.220 e. The van der Waals surface area contributed by atoms with Gasteiger partial charge in [-0.25, -0.2) is 0 Å². The molecule has 19 heteroatoms. The van der Waals surface area contributed by atoms with E-state index in [1.54, 1.807) is 0 Å². The summed E-state index contributed by atoms with van der Waals surface area (Å²) in [4.78, 5) is 13.4. The number of unbranched alkanes of at least 4 members (excludes halogenated alkanes) is 25. The number of hydrogen-bond donors (Lipinski definition) is 12. The molecule has 0 aromatic rings. The average molecular weight is 1360 g/mol. The van der Waals surface area contributed by atoms with Crippen molar-refractivity contribution in [1.29, 1.82) is 0 Å². The van der Waals surface area contributed by atoms with E-state index in [2.05, 4.69) is 116 Å². The molecule has 0 aromatic heterocycles. The van der Waals surface area contributed by atoms with Crippen LogP contribution in [-0.2, 0) is 33.2 Å². The van der Waals surface area contributed by atoms with Crippen LogP contribution >= 0.6 is 0 Å². The molecule has 0 saturated carbocycles. The zero-order valence-electron chi connectivity index (χ0n) is 58.8. The molecule has 96 heavy (non-hydrogen) atoms. The van der Waals surface area contributed by atoms with Crippen LogP contribution in [0.25, 0.3) is 0 Å². The van der Waals surface area contributed by atoms with Crippen LogP contribution in [0.1, 0.15) is 251 Å². The number of hydrogen-bond acceptors (Lipinski definition) is 18. The van der Waals surface area contributed by atoms with E-state index in [9.17, 15) is 61.0 Å². The van der Waals surface area contributed by atoms with Crippen LogP contribution in [0.15, 0.2) is 97.2 Å². The summed E-state index contributed by atoms with van der Waals surface area (Å²) in [6.45, 7) is 1.67. The Labute approximate surface area is 577 Å². The van der Waals surface area contributed by atoms with Crippen molar-refractivity contribution in [2.24, 2.45) is 0 Å². The van der Waals surface area contributed by atoms with Crippen LogP contribution < -0.4 is 5.32 Å². The summed E-state index contributed by atoms with van der Waals surface area (Å²) in [5.41, 5.74) is 0. The minimum absolute atomic E-state index is 0.205. The molecule has 3 aliphatic rings. The van der Waals surface area contributed by atoms with Crippen molar-refractivity contribution >= 4 is 5.91 Å². The number of amides is 1. The van der Waals surface area contributed by atoms with E-state index in [0.717, 1.165) is 83.5 Å². The van der Waals surface area contributed by atoms with Gasteiger partial charge >= 0.3 is 0 Å². The van der Waals surface area contributed by atoms with E-state index >= 15 is 0 Å². The molecule has 17 unspecified atom stereocenters. The number of carbonyl (C=O) groups excluding carboxylic acids is 1. The van der Waals surface area contributed by atoms with Gasteiger partial charge < -0.3 is 89.9 Å². The molecule has 0 aromatic carbocycles. The average Bonchev–Trinajstić information content (AvgIpc) is 1.09. The molecule has 3 fully saturated rings. The lowest BCUT2D eigenvalue weighted by molar-refractivity contribution is -0.379. The highest BCUT2D eigenvalue weighted by Crippen LogP contribution is 2.33. The minimum Gasteiger partial charge on any atom is -0.394 e. The van der Waals surface area contributed by atoms with Gasteiger partial charge in [-0.1, -0.05) is 265 Å². The van der Waals surface area contributed by atoms with Crippen molar-refractivity contribution in [3.05, 3.63) is 97.2 Å². The van der Waals surface area contributed by atoms with Crippen LogP contribution in [0.5, 0.6) is 0 Å². The van der Waals surface area contributed by atoms with E-state index in [4.69, 9.17) is 28.4 Å². The molecule has 0 spiro atoms. The maximum Gasteiger partial charge on any atom is 0.220 e. The number of nitrogens with one attached hydrogen (secondary N) is 1. The second-order valence-electron chi connectivity index (χ2n) is 26.4. The summed E-state index contributed by atoms with van der Waals surface area (Å²) in [5.74, 6) is -0.286. The third-order valence-electron chi connectivity index (χ3n) is 18.2. The number of carbonyl (C=O) groups is 1. The van der Waals surface area contributed by atoms with E-state index in [1.165, 1.54) is 128 Å². The Morgan fingerprint density at radius 3 is 1.10 bits per heavy atom. The first-order valence-electron chi connectivity index (χ1n) is 37.5. The van der Waals surface area contributed by atoms with Crippen molar-refractivity contribution in [3.63, 3.8) is 0 Å². The van der Waals surface area contributed by atoms with Crippen LogP contribution in [-0.4, -0.2) is 193 Å². The Morgan fingerprint density at radius 1 is 0.385 bits per heavy atom. The SMILES string of the molecule is CC/C=C\C/C=C\C/C=C\C/C=C\C/C=C\C/C=C\C/C=C\C/C=C\CCCCC(=O)NC(COC1OC(CO)C(OC2OC(CO)C(OC3OC(CO)C(O)C(O)C3O)C(O)C2O)C(O)C1O)C(O)CCCCCCCCCCCCCCCCCCCCCCCCCC. The van der Waals surface area contributed by atoms with Gasteiger partial charge in [0.1, 0.15) is 73.2 Å². The first-order chi connectivity index (χ1) is 46.8. The Kier molecular flexibility index (Phi) is 51.9. The van der Waals surface area contributed by atoms with E-state index in [1.807, 2.05) is 0 Å². The fraction of sp³-hybridized carbons (Fsp3) is 0.779. The zero-order valence-corrected chi connectivity index (χ0v) is 58.8. The largest absolute Gasteiger partial charge is 0.394 e. The van der Waals surface area contributed by atoms with Crippen molar-refractivity contribution in [2.45, 2.75) is 356 Å². The highest BCUT2D eigenvalue weighted by atomic mass is 16.8. The first kappa shape index (κ1) is 86.9. The first-order valence-corrected chi connectivity index (χ1v) is 37.5. The number of aliphatic hydroxyl groups excluding tert-OH is 11.